The fourth-order valence-electron chi connectivity index (χ4n) is 4.00. The molecule has 0 aliphatic carbocycles. The summed E-state index contributed by atoms with van der Waals surface area (Å²) < 4.78 is 5.40. The van der Waals surface area contributed by atoms with E-state index in [0.29, 0.717) is 23.7 Å². The second-order valence-electron chi connectivity index (χ2n) is 8.32. The van der Waals surface area contributed by atoms with Crippen molar-refractivity contribution in [2.45, 2.75) is 13.1 Å². The summed E-state index contributed by atoms with van der Waals surface area (Å²) in [5, 5.41) is 4.34. The van der Waals surface area contributed by atoms with Crippen LogP contribution in [-0.2, 0) is 20.1 Å². The van der Waals surface area contributed by atoms with Gasteiger partial charge in [-0.25, -0.2) is 10.2 Å². The standard InChI is InChI=1S/C27H23BrN6O2/c1-32-24-23(25(35)34(27(32)36)18-21-10-6-3-7-11-21)33(17-20-8-4-2-5-9-20)26(30-24)31-29-16-19-12-14-22(28)15-13-19/h2-16H,17-18H2,1H3,(H,30,31)/b29-16-. The molecule has 5 aromatic rings. The van der Waals surface area contributed by atoms with Gasteiger partial charge in [-0.2, -0.15) is 10.1 Å². The summed E-state index contributed by atoms with van der Waals surface area (Å²) in [7, 11) is 1.63. The van der Waals surface area contributed by atoms with Crippen LogP contribution in [0.3, 0.4) is 0 Å². The number of halogens is 1. The van der Waals surface area contributed by atoms with E-state index in [1.807, 2.05) is 84.9 Å². The molecule has 0 aliphatic rings. The largest absolute Gasteiger partial charge is 0.332 e. The van der Waals surface area contributed by atoms with Gasteiger partial charge in [0.2, 0.25) is 5.95 Å². The molecule has 8 nitrogen and oxygen atoms in total. The molecule has 0 aliphatic heterocycles. The van der Waals surface area contributed by atoms with Crippen LogP contribution in [-0.4, -0.2) is 24.9 Å². The van der Waals surface area contributed by atoms with Crippen molar-refractivity contribution in [3.63, 3.8) is 0 Å². The van der Waals surface area contributed by atoms with Gasteiger partial charge in [0, 0.05) is 11.5 Å². The van der Waals surface area contributed by atoms with Gasteiger partial charge < -0.3 is 0 Å². The maximum Gasteiger partial charge on any atom is 0.332 e. The van der Waals surface area contributed by atoms with E-state index in [9.17, 15) is 9.59 Å². The quantitative estimate of drug-likeness (QED) is 0.246. The average Bonchev–Trinajstić information content (AvgIpc) is 3.26. The summed E-state index contributed by atoms with van der Waals surface area (Å²) in [4.78, 5) is 31.4. The minimum Gasteiger partial charge on any atom is -0.298 e. The fraction of sp³-hybridized carbons (Fsp3) is 0.111. The van der Waals surface area contributed by atoms with E-state index in [0.717, 1.165) is 21.2 Å². The van der Waals surface area contributed by atoms with Gasteiger partial charge in [-0.1, -0.05) is 88.7 Å². The molecule has 0 saturated carbocycles. The van der Waals surface area contributed by atoms with Gasteiger partial charge >= 0.3 is 5.69 Å². The van der Waals surface area contributed by atoms with E-state index in [2.05, 4.69) is 31.4 Å². The molecule has 36 heavy (non-hydrogen) atoms. The lowest BCUT2D eigenvalue weighted by Gasteiger charge is -2.11. The minimum absolute atomic E-state index is 0.170. The number of aryl methyl sites for hydroxylation is 1. The van der Waals surface area contributed by atoms with Gasteiger partial charge in [-0.15, -0.1) is 0 Å². The highest BCUT2D eigenvalue weighted by molar-refractivity contribution is 9.10. The molecule has 2 heterocycles. The number of hydrogen-bond donors (Lipinski definition) is 1. The molecule has 3 aromatic carbocycles. The molecule has 5 rings (SSSR count). The Labute approximate surface area is 215 Å². The third kappa shape index (κ3) is 4.78. The number of benzene rings is 3. The van der Waals surface area contributed by atoms with Crippen molar-refractivity contribution in [2.75, 3.05) is 5.43 Å². The third-order valence-corrected chi connectivity index (χ3v) is 6.38. The fourth-order valence-corrected chi connectivity index (χ4v) is 4.26. The van der Waals surface area contributed by atoms with E-state index >= 15 is 0 Å². The molecule has 0 unspecified atom stereocenters. The predicted octanol–water partition coefficient (Wildman–Crippen LogP) is 4.20. The lowest BCUT2D eigenvalue weighted by atomic mass is 10.2. The molecular formula is C27H23BrN6O2. The van der Waals surface area contributed by atoms with Crippen LogP contribution >= 0.6 is 15.9 Å². The van der Waals surface area contributed by atoms with Crippen LogP contribution in [0.5, 0.6) is 0 Å². The van der Waals surface area contributed by atoms with Gasteiger partial charge in [-0.05, 0) is 28.8 Å². The summed E-state index contributed by atoms with van der Waals surface area (Å²) in [6.07, 6.45) is 1.67. The molecule has 0 atom stereocenters. The Hall–Kier alpha value is -4.24. The highest BCUT2D eigenvalue weighted by Crippen LogP contribution is 2.18. The number of anilines is 1. The Morgan fingerprint density at radius 2 is 1.44 bits per heavy atom. The van der Waals surface area contributed by atoms with E-state index < -0.39 is 11.2 Å². The van der Waals surface area contributed by atoms with Gasteiger partial charge in [0.15, 0.2) is 11.2 Å². The van der Waals surface area contributed by atoms with Crippen LogP contribution in [0.25, 0.3) is 11.2 Å². The molecular weight excluding hydrogens is 520 g/mol. The first-order chi connectivity index (χ1) is 17.5. The maximum absolute atomic E-state index is 13.7. The lowest BCUT2D eigenvalue weighted by Crippen LogP contribution is -2.40. The number of nitrogens with one attached hydrogen (secondary N) is 1. The van der Waals surface area contributed by atoms with Crippen molar-refractivity contribution in [1.82, 2.24) is 18.7 Å². The monoisotopic (exact) mass is 542 g/mol. The van der Waals surface area contributed by atoms with Crippen molar-refractivity contribution in [3.8, 4) is 0 Å². The highest BCUT2D eigenvalue weighted by Gasteiger charge is 2.20. The summed E-state index contributed by atoms with van der Waals surface area (Å²) in [5.74, 6) is 0.367. The lowest BCUT2D eigenvalue weighted by molar-refractivity contribution is 0.653. The Bertz CT molecular complexity index is 1650. The van der Waals surface area contributed by atoms with Crippen LogP contribution in [0.1, 0.15) is 16.7 Å². The molecule has 0 amide bonds. The summed E-state index contributed by atoms with van der Waals surface area (Å²) in [6, 6.07) is 26.9. The SMILES string of the molecule is Cn1c(=O)n(Cc2ccccc2)c(=O)c2c1nc(N/N=C\c1ccc(Br)cc1)n2Cc1ccccc1. The van der Waals surface area contributed by atoms with Crippen LogP contribution in [0.4, 0.5) is 5.95 Å². The zero-order valence-electron chi connectivity index (χ0n) is 19.5. The van der Waals surface area contributed by atoms with Crippen molar-refractivity contribution in [1.29, 1.82) is 0 Å². The smallest absolute Gasteiger partial charge is 0.298 e. The molecule has 0 bridgehead atoms. The molecule has 0 spiro atoms. The summed E-state index contributed by atoms with van der Waals surface area (Å²) in [6.45, 7) is 0.551. The number of imidazole rings is 1. The topological polar surface area (TPSA) is 86.2 Å². The predicted molar refractivity (Wildman–Crippen MR) is 146 cm³/mol. The minimum atomic E-state index is -0.425. The van der Waals surface area contributed by atoms with E-state index in [4.69, 9.17) is 0 Å². The average molecular weight is 543 g/mol. The Morgan fingerprint density at radius 3 is 2.06 bits per heavy atom. The first-order valence-corrected chi connectivity index (χ1v) is 12.1. The Balaban J connectivity index is 1.62. The van der Waals surface area contributed by atoms with E-state index in [1.54, 1.807) is 17.8 Å². The highest BCUT2D eigenvalue weighted by atomic mass is 79.9. The van der Waals surface area contributed by atoms with Crippen LogP contribution < -0.4 is 16.7 Å². The van der Waals surface area contributed by atoms with Crippen LogP contribution in [0.2, 0.25) is 0 Å². The van der Waals surface area contributed by atoms with Crippen LogP contribution in [0.15, 0.2) is 104 Å². The van der Waals surface area contributed by atoms with Crippen molar-refractivity contribution < 1.29 is 0 Å². The molecule has 0 saturated heterocycles. The van der Waals surface area contributed by atoms with Crippen molar-refractivity contribution >= 4 is 39.3 Å². The number of nitrogens with zero attached hydrogens (tertiary/aromatic N) is 5. The molecule has 2 aromatic heterocycles. The summed E-state index contributed by atoms with van der Waals surface area (Å²) in [5.41, 5.74) is 5.53. The number of hydrazone groups is 1. The van der Waals surface area contributed by atoms with Crippen LogP contribution in [0, 0.1) is 0 Å². The Morgan fingerprint density at radius 1 is 0.861 bits per heavy atom. The summed E-state index contributed by atoms with van der Waals surface area (Å²) >= 11 is 3.42. The van der Waals surface area contributed by atoms with Crippen molar-refractivity contribution in [2.24, 2.45) is 12.1 Å². The number of aromatic nitrogens is 4. The number of rotatable bonds is 7. The van der Waals surface area contributed by atoms with Gasteiger partial charge in [-0.3, -0.25) is 18.5 Å². The van der Waals surface area contributed by atoms with Gasteiger partial charge in [0.05, 0.1) is 19.3 Å². The van der Waals surface area contributed by atoms with E-state index in [-0.39, 0.29) is 6.54 Å². The molecule has 0 fully saturated rings. The number of hydrogen-bond acceptors (Lipinski definition) is 5. The first kappa shape index (κ1) is 23.5. The zero-order valence-corrected chi connectivity index (χ0v) is 21.1. The second kappa shape index (κ2) is 10.2. The molecule has 180 valence electrons. The molecule has 0 radical (unpaired) electrons. The molecule has 1 N–H and O–H groups in total. The number of fused-ring (bicyclic) bond motifs is 1. The third-order valence-electron chi connectivity index (χ3n) is 5.85. The Kier molecular flexibility index (Phi) is 6.64. The van der Waals surface area contributed by atoms with Crippen molar-refractivity contribution in [3.05, 3.63) is 127 Å². The van der Waals surface area contributed by atoms with Gasteiger partial charge in [0.1, 0.15) is 0 Å². The van der Waals surface area contributed by atoms with E-state index in [1.165, 1.54) is 9.13 Å². The first-order valence-electron chi connectivity index (χ1n) is 11.3. The molecule has 9 heteroatoms. The zero-order chi connectivity index (χ0) is 25.1. The second-order valence-corrected chi connectivity index (χ2v) is 9.24. The van der Waals surface area contributed by atoms with Gasteiger partial charge in [0.25, 0.3) is 5.56 Å². The normalized spacial score (nSPS) is 11.4. The maximum atomic E-state index is 13.7.